The number of rotatable bonds is 10. The van der Waals surface area contributed by atoms with Gasteiger partial charge in [-0.15, -0.1) is 0 Å². The van der Waals surface area contributed by atoms with Gasteiger partial charge in [-0.2, -0.15) is 0 Å². The molecular weight excluding hydrogens is 524 g/mol. The minimum absolute atomic E-state index is 0.0736. The summed E-state index contributed by atoms with van der Waals surface area (Å²) in [6.07, 6.45) is 15.2. The lowest BCUT2D eigenvalue weighted by molar-refractivity contribution is 0.156. The summed E-state index contributed by atoms with van der Waals surface area (Å²) in [5.41, 5.74) is 7.58. The highest BCUT2D eigenvalue weighted by Gasteiger charge is 2.20. The van der Waals surface area contributed by atoms with Crippen molar-refractivity contribution in [1.82, 2.24) is 9.55 Å². The van der Waals surface area contributed by atoms with Crippen molar-refractivity contribution in [1.29, 1.82) is 0 Å². The van der Waals surface area contributed by atoms with Gasteiger partial charge in [-0.25, -0.2) is 4.98 Å². The first-order chi connectivity index (χ1) is 20.5. The summed E-state index contributed by atoms with van der Waals surface area (Å²) in [5.74, 6) is 0.542. The van der Waals surface area contributed by atoms with Crippen LogP contribution >= 0.6 is 0 Å². The van der Waals surface area contributed by atoms with E-state index in [-0.39, 0.29) is 12.1 Å². The van der Waals surface area contributed by atoms with Crippen molar-refractivity contribution in [3.05, 3.63) is 90.4 Å². The zero-order valence-electron chi connectivity index (χ0n) is 24.5. The number of aromatic nitrogens is 2. The van der Waals surface area contributed by atoms with Crippen LogP contribution in [-0.2, 0) is 11.8 Å². The van der Waals surface area contributed by atoms with Crippen molar-refractivity contribution >= 4 is 47.1 Å². The van der Waals surface area contributed by atoms with Crippen LogP contribution in [-0.4, -0.2) is 49.0 Å². The molecule has 0 aliphatic carbocycles. The molecule has 8 heteroatoms. The number of hydrogen-bond donors (Lipinski definition) is 1. The lowest BCUT2D eigenvalue weighted by Gasteiger charge is -2.23. The number of anilines is 1. The number of pyridine rings is 1. The molecule has 5 rings (SSSR count). The minimum atomic E-state index is -0.309. The van der Waals surface area contributed by atoms with E-state index >= 15 is 0 Å². The second kappa shape index (κ2) is 13.2. The molecule has 0 amide bonds. The third kappa shape index (κ3) is 6.39. The molecule has 8 nitrogen and oxygen atoms in total. The standard InChI is InChI=1S/C34H36N6O2/c1-23(41-4)8-9-26(21-35-2)33(27-12-13-32(42-5)38-22-27)39-28-19-29(34-30(20-28)36-15-6-7-16-37-34)25-11-10-24-14-17-40(3)31(24)18-25/h8-23,33,39H,2,6-7H2,1,3-5H3/b9-8-,26-21+,36-15?,37-16?. The molecule has 2 aromatic heterocycles. The Morgan fingerprint density at radius 3 is 2.64 bits per heavy atom. The smallest absolute Gasteiger partial charge is 0.212 e. The zero-order valence-corrected chi connectivity index (χ0v) is 24.5. The number of nitrogens with zero attached hydrogens (tertiary/aromatic N) is 5. The predicted octanol–water partition coefficient (Wildman–Crippen LogP) is 7.78. The molecule has 0 spiro atoms. The van der Waals surface area contributed by atoms with E-state index in [1.165, 1.54) is 5.39 Å². The Hall–Kier alpha value is -4.82. The normalized spacial score (nSPS) is 14.8. The molecule has 1 aliphatic rings. The molecule has 0 saturated heterocycles. The van der Waals surface area contributed by atoms with Crippen molar-refractivity contribution in [3.8, 4) is 17.0 Å². The van der Waals surface area contributed by atoms with E-state index in [0.29, 0.717) is 5.88 Å². The van der Waals surface area contributed by atoms with Gasteiger partial charge in [-0.3, -0.25) is 15.0 Å². The van der Waals surface area contributed by atoms with E-state index in [4.69, 9.17) is 19.5 Å². The second-order valence-corrected chi connectivity index (χ2v) is 10.1. The Morgan fingerprint density at radius 2 is 1.90 bits per heavy atom. The van der Waals surface area contributed by atoms with Gasteiger partial charge in [0, 0.05) is 68.0 Å². The first-order valence-corrected chi connectivity index (χ1v) is 13.9. The van der Waals surface area contributed by atoms with Crippen LogP contribution in [0.2, 0.25) is 0 Å². The topological polar surface area (TPSA) is 85.4 Å². The Morgan fingerprint density at radius 1 is 1.07 bits per heavy atom. The first-order valence-electron chi connectivity index (χ1n) is 13.9. The Labute approximate surface area is 246 Å². The highest BCUT2D eigenvalue weighted by atomic mass is 16.5. The summed E-state index contributed by atoms with van der Waals surface area (Å²) in [7, 11) is 5.35. The quantitative estimate of drug-likeness (QED) is 0.159. The van der Waals surface area contributed by atoms with Crippen molar-refractivity contribution in [2.75, 3.05) is 19.5 Å². The summed E-state index contributed by atoms with van der Waals surface area (Å²) in [4.78, 5) is 18.3. The van der Waals surface area contributed by atoms with Crippen LogP contribution in [0.25, 0.3) is 22.0 Å². The van der Waals surface area contributed by atoms with Gasteiger partial charge in [0.25, 0.3) is 0 Å². The van der Waals surface area contributed by atoms with Crippen LogP contribution in [0, 0.1) is 0 Å². The van der Waals surface area contributed by atoms with Crippen LogP contribution < -0.4 is 10.1 Å². The van der Waals surface area contributed by atoms with E-state index in [1.807, 2.05) is 49.7 Å². The largest absolute Gasteiger partial charge is 0.481 e. The lowest BCUT2D eigenvalue weighted by Crippen LogP contribution is -2.14. The Kier molecular flexibility index (Phi) is 9.04. The van der Waals surface area contributed by atoms with Crippen LogP contribution in [0.3, 0.4) is 0 Å². The van der Waals surface area contributed by atoms with Crippen molar-refractivity contribution in [2.45, 2.75) is 31.9 Å². The maximum atomic E-state index is 5.45. The molecule has 0 saturated carbocycles. The molecular formula is C34H36N6O2. The van der Waals surface area contributed by atoms with Crippen molar-refractivity contribution in [2.24, 2.45) is 22.0 Å². The van der Waals surface area contributed by atoms with Gasteiger partial charge < -0.3 is 19.4 Å². The maximum Gasteiger partial charge on any atom is 0.212 e. The van der Waals surface area contributed by atoms with Gasteiger partial charge in [-0.1, -0.05) is 24.3 Å². The molecule has 4 aromatic rings. The SMILES string of the molecule is C=N/C=C(\C=C/C(C)OC)C(Nc1cc2c(c(-c3ccc4ccn(C)c4c3)c1)N=CCCC=N2)c1ccc(OC)nc1. The number of aryl methyl sites for hydroxylation is 1. The van der Waals surface area contributed by atoms with Gasteiger partial charge in [0.05, 0.1) is 30.6 Å². The average molecular weight is 561 g/mol. The summed E-state index contributed by atoms with van der Waals surface area (Å²) in [5, 5.41) is 4.93. The fourth-order valence-electron chi connectivity index (χ4n) is 4.91. The van der Waals surface area contributed by atoms with Crippen molar-refractivity contribution < 1.29 is 9.47 Å². The summed E-state index contributed by atoms with van der Waals surface area (Å²) < 4.78 is 12.9. The molecule has 0 fully saturated rings. The van der Waals surface area contributed by atoms with E-state index < -0.39 is 0 Å². The highest BCUT2D eigenvalue weighted by Crippen LogP contribution is 2.43. The number of ether oxygens (including phenoxy) is 2. The van der Waals surface area contributed by atoms with Gasteiger partial charge in [0.1, 0.15) is 0 Å². The summed E-state index contributed by atoms with van der Waals surface area (Å²) >= 11 is 0. The van der Waals surface area contributed by atoms with Gasteiger partial charge in [0.2, 0.25) is 5.88 Å². The van der Waals surface area contributed by atoms with Crippen LogP contribution in [0.15, 0.2) is 99.8 Å². The number of aliphatic imine (C=N–C) groups is 3. The maximum absolute atomic E-state index is 5.45. The molecule has 2 unspecified atom stereocenters. The summed E-state index contributed by atoms with van der Waals surface area (Å²) in [6.45, 7) is 5.71. The van der Waals surface area contributed by atoms with E-state index in [2.05, 4.69) is 70.2 Å². The molecule has 0 radical (unpaired) electrons. The molecule has 1 N–H and O–H groups in total. The second-order valence-electron chi connectivity index (χ2n) is 10.1. The molecule has 214 valence electrons. The van der Waals surface area contributed by atoms with Gasteiger partial charge >= 0.3 is 0 Å². The number of methoxy groups -OCH3 is 2. The lowest BCUT2D eigenvalue weighted by atomic mass is 9.97. The predicted molar refractivity (Wildman–Crippen MR) is 174 cm³/mol. The van der Waals surface area contributed by atoms with E-state index in [1.54, 1.807) is 26.6 Å². The summed E-state index contributed by atoms with van der Waals surface area (Å²) in [6, 6.07) is 16.3. The fourth-order valence-corrected chi connectivity index (χ4v) is 4.91. The molecule has 2 atom stereocenters. The fraction of sp³-hybridized carbons (Fsp3) is 0.235. The first kappa shape index (κ1) is 28.7. The van der Waals surface area contributed by atoms with Crippen LogP contribution in [0.5, 0.6) is 5.88 Å². The van der Waals surface area contributed by atoms with E-state index in [9.17, 15) is 0 Å². The third-order valence-electron chi connectivity index (χ3n) is 7.28. The molecule has 0 bridgehead atoms. The van der Waals surface area contributed by atoms with Crippen LogP contribution in [0.4, 0.5) is 17.1 Å². The minimum Gasteiger partial charge on any atom is -0.481 e. The van der Waals surface area contributed by atoms with Gasteiger partial charge in [0.15, 0.2) is 0 Å². The Bertz CT molecular complexity index is 1680. The molecule has 3 heterocycles. The molecule has 1 aliphatic heterocycles. The van der Waals surface area contributed by atoms with E-state index in [0.717, 1.165) is 57.7 Å². The zero-order chi connectivity index (χ0) is 29.5. The average Bonchev–Trinajstić information content (AvgIpc) is 3.38. The monoisotopic (exact) mass is 560 g/mol. The van der Waals surface area contributed by atoms with Crippen molar-refractivity contribution in [3.63, 3.8) is 0 Å². The number of benzene rings is 2. The number of nitrogens with one attached hydrogen (secondary N) is 1. The third-order valence-corrected chi connectivity index (χ3v) is 7.28. The van der Waals surface area contributed by atoms with Crippen LogP contribution in [0.1, 0.15) is 31.4 Å². The molecule has 42 heavy (non-hydrogen) atoms. The number of hydrogen-bond acceptors (Lipinski definition) is 7. The Balaban J connectivity index is 1.65. The van der Waals surface area contributed by atoms with Gasteiger partial charge in [-0.05, 0) is 78.9 Å². The number of fused-ring (bicyclic) bond motifs is 2. The molecule has 2 aromatic carbocycles. The highest BCUT2D eigenvalue weighted by molar-refractivity contribution is 5.94.